The Bertz CT molecular complexity index is 729. The lowest BCUT2D eigenvalue weighted by atomic mass is 10.3. The van der Waals surface area contributed by atoms with Crippen LogP contribution in [0.15, 0.2) is 42.9 Å². The summed E-state index contributed by atoms with van der Waals surface area (Å²) in [5.41, 5.74) is 1.65. The zero-order valence-corrected chi connectivity index (χ0v) is 11.3. The second-order valence-corrected chi connectivity index (χ2v) is 4.37. The maximum absolute atomic E-state index is 5.74. The van der Waals surface area contributed by atoms with E-state index < -0.39 is 0 Å². The molecule has 3 aromatic rings. The quantitative estimate of drug-likeness (QED) is 0.693. The largest absolute Gasteiger partial charge is 0.404 e. The van der Waals surface area contributed by atoms with Crippen LogP contribution < -0.4 is 4.74 Å². The molecule has 0 saturated carbocycles. The molecule has 2 aromatic heterocycles. The number of halogens is 1. The average molecular weight is 288 g/mol. The van der Waals surface area contributed by atoms with E-state index in [1.165, 1.54) is 0 Å². The number of benzene rings is 1. The molecule has 6 nitrogen and oxygen atoms in total. The Balaban J connectivity index is 1.86. The zero-order valence-electron chi connectivity index (χ0n) is 10.6. The average Bonchev–Trinajstić information content (AvgIpc) is 2.92. The highest BCUT2D eigenvalue weighted by atomic mass is 35.5. The van der Waals surface area contributed by atoms with E-state index in [1.807, 2.05) is 37.3 Å². The van der Waals surface area contributed by atoms with Crippen molar-refractivity contribution in [2.24, 2.45) is 0 Å². The summed E-state index contributed by atoms with van der Waals surface area (Å²) in [4.78, 5) is 11.9. The van der Waals surface area contributed by atoms with Gasteiger partial charge in [0.15, 0.2) is 0 Å². The fraction of sp³-hybridized carbons (Fsp3) is 0.0769. The molecule has 0 fully saturated rings. The smallest absolute Gasteiger partial charge is 0.342 e. The summed E-state index contributed by atoms with van der Waals surface area (Å²) in [5.74, 6) is 0.343. The first-order valence-corrected chi connectivity index (χ1v) is 6.24. The van der Waals surface area contributed by atoms with Gasteiger partial charge >= 0.3 is 6.01 Å². The van der Waals surface area contributed by atoms with Gasteiger partial charge in [0.25, 0.3) is 0 Å². The highest BCUT2D eigenvalue weighted by Crippen LogP contribution is 2.20. The predicted octanol–water partition coefficient (Wildman–Crippen LogP) is 2.81. The highest BCUT2D eigenvalue weighted by molar-refractivity contribution is 6.28. The normalized spacial score (nSPS) is 10.5. The molecule has 0 aliphatic carbocycles. The number of nitrogens with zero attached hydrogens (tertiary/aromatic N) is 5. The lowest BCUT2D eigenvalue weighted by molar-refractivity contribution is 0.420. The van der Waals surface area contributed by atoms with Crippen LogP contribution in [-0.2, 0) is 0 Å². The molecule has 0 atom stereocenters. The zero-order chi connectivity index (χ0) is 13.9. The van der Waals surface area contributed by atoms with E-state index in [2.05, 4.69) is 20.1 Å². The molecular formula is C13H10ClN5O. The Morgan fingerprint density at radius 3 is 2.75 bits per heavy atom. The summed E-state index contributed by atoms with van der Waals surface area (Å²) >= 11 is 5.74. The summed E-state index contributed by atoms with van der Waals surface area (Å²) in [6, 6.07) is 9.82. The Kier molecular flexibility index (Phi) is 3.30. The van der Waals surface area contributed by atoms with Gasteiger partial charge in [-0.25, -0.2) is 9.67 Å². The van der Waals surface area contributed by atoms with Crippen molar-refractivity contribution in [3.63, 3.8) is 0 Å². The second-order valence-electron chi connectivity index (χ2n) is 4.04. The van der Waals surface area contributed by atoms with Crippen molar-refractivity contribution in [3.8, 4) is 17.6 Å². The van der Waals surface area contributed by atoms with Crippen LogP contribution in [0.25, 0.3) is 5.69 Å². The van der Waals surface area contributed by atoms with Gasteiger partial charge in [0.2, 0.25) is 11.2 Å². The van der Waals surface area contributed by atoms with Crippen LogP contribution in [0.1, 0.15) is 5.56 Å². The standard InChI is InChI=1S/C13H10ClN5O/c1-9-7-15-12(14)17-11(9)20-13-16-8-19(18-13)10-5-3-2-4-6-10/h2-8H,1H3. The van der Waals surface area contributed by atoms with Gasteiger partial charge in [0.05, 0.1) is 5.69 Å². The molecule has 0 aliphatic rings. The van der Waals surface area contributed by atoms with Crippen molar-refractivity contribution in [1.82, 2.24) is 24.7 Å². The van der Waals surface area contributed by atoms with Gasteiger partial charge in [0.1, 0.15) is 6.33 Å². The van der Waals surface area contributed by atoms with Crippen molar-refractivity contribution in [2.75, 3.05) is 0 Å². The number of aromatic nitrogens is 5. The van der Waals surface area contributed by atoms with E-state index in [1.54, 1.807) is 17.2 Å². The fourth-order valence-electron chi connectivity index (χ4n) is 1.60. The third-order valence-corrected chi connectivity index (χ3v) is 2.76. The van der Waals surface area contributed by atoms with Gasteiger partial charge in [-0.2, -0.15) is 9.97 Å². The summed E-state index contributed by atoms with van der Waals surface area (Å²) in [5, 5.41) is 4.35. The van der Waals surface area contributed by atoms with Gasteiger partial charge in [-0.15, -0.1) is 5.10 Å². The molecule has 20 heavy (non-hydrogen) atoms. The van der Waals surface area contributed by atoms with E-state index >= 15 is 0 Å². The first-order chi connectivity index (χ1) is 9.72. The van der Waals surface area contributed by atoms with E-state index in [9.17, 15) is 0 Å². The monoisotopic (exact) mass is 287 g/mol. The second kappa shape index (κ2) is 5.26. The lowest BCUT2D eigenvalue weighted by Crippen LogP contribution is -1.97. The number of para-hydroxylation sites is 1. The molecule has 1 aromatic carbocycles. The van der Waals surface area contributed by atoms with Crippen LogP contribution in [0, 0.1) is 6.92 Å². The Morgan fingerprint density at radius 1 is 1.15 bits per heavy atom. The molecule has 7 heteroatoms. The molecule has 2 heterocycles. The summed E-state index contributed by atoms with van der Waals surface area (Å²) in [6.45, 7) is 1.82. The molecule has 0 N–H and O–H groups in total. The minimum atomic E-state index is 0.119. The summed E-state index contributed by atoms with van der Waals surface area (Å²) in [6.07, 6.45) is 3.15. The Labute approximate surface area is 120 Å². The lowest BCUT2D eigenvalue weighted by Gasteiger charge is -2.03. The van der Waals surface area contributed by atoms with Gasteiger partial charge in [-0.3, -0.25) is 0 Å². The van der Waals surface area contributed by atoms with Gasteiger partial charge in [-0.05, 0) is 30.7 Å². The van der Waals surface area contributed by atoms with Gasteiger partial charge < -0.3 is 4.74 Å². The van der Waals surface area contributed by atoms with Gasteiger partial charge in [-0.1, -0.05) is 18.2 Å². The molecule has 0 unspecified atom stereocenters. The number of rotatable bonds is 3. The molecule has 0 amide bonds. The van der Waals surface area contributed by atoms with Gasteiger partial charge in [0, 0.05) is 11.8 Å². The molecule has 3 rings (SSSR count). The van der Waals surface area contributed by atoms with Crippen LogP contribution in [0.3, 0.4) is 0 Å². The molecule has 0 bridgehead atoms. The number of aryl methyl sites for hydroxylation is 1. The third-order valence-electron chi connectivity index (χ3n) is 2.58. The van der Waals surface area contributed by atoms with Crippen LogP contribution in [0.4, 0.5) is 0 Å². The third kappa shape index (κ3) is 2.60. The Morgan fingerprint density at radius 2 is 1.95 bits per heavy atom. The van der Waals surface area contributed by atoms with Crippen molar-refractivity contribution in [1.29, 1.82) is 0 Å². The number of ether oxygens (including phenoxy) is 1. The first-order valence-electron chi connectivity index (χ1n) is 5.86. The van der Waals surface area contributed by atoms with E-state index in [0.717, 1.165) is 11.3 Å². The molecular weight excluding hydrogens is 278 g/mol. The highest BCUT2D eigenvalue weighted by Gasteiger charge is 2.09. The molecule has 0 aliphatic heterocycles. The minimum absolute atomic E-state index is 0.119. The SMILES string of the molecule is Cc1cnc(Cl)nc1Oc1ncn(-c2ccccc2)n1. The Hall–Kier alpha value is -2.47. The van der Waals surface area contributed by atoms with Crippen LogP contribution in [0.2, 0.25) is 5.28 Å². The number of hydrogen-bond acceptors (Lipinski definition) is 5. The van der Waals surface area contributed by atoms with Crippen molar-refractivity contribution in [2.45, 2.75) is 6.92 Å². The molecule has 0 saturated heterocycles. The van der Waals surface area contributed by atoms with Crippen molar-refractivity contribution >= 4 is 11.6 Å². The van der Waals surface area contributed by atoms with E-state index in [-0.39, 0.29) is 11.3 Å². The van der Waals surface area contributed by atoms with Crippen LogP contribution in [0.5, 0.6) is 11.9 Å². The molecule has 0 spiro atoms. The topological polar surface area (TPSA) is 65.7 Å². The van der Waals surface area contributed by atoms with E-state index in [4.69, 9.17) is 16.3 Å². The fourth-order valence-corrected chi connectivity index (χ4v) is 1.72. The van der Waals surface area contributed by atoms with Crippen molar-refractivity contribution < 1.29 is 4.74 Å². The van der Waals surface area contributed by atoms with Crippen LogP contribution in [-0.4, -0.2) is 24.7 Å². The first kappa shape index (κ1) is 12.6. The minimum Gasteiger partial charge on any atom is -0.404 e. The molecule has 0 radical (unpaired) electrons. The van der Waals surface area contributed by atoms with Crippen LogP contribution >= 0.6 is 11.6 Å². The molecule has 100 valence electrons. The summed E-state index contributed by atoms with van der Waals surface area (Å²) in [7, 11) is 0. The van der Waals surface area contributed by atoms with Crippen molar-refractivity contribution in [3.05, 3.63) is 53.7 Å². The predicted molar refractivity (Wildman–Crippen MR) is 73.2 cm³/mol. The number of hydrogen-bond donors (Lipinski definition) is 0. The maximum atomic E-state index is 5.74. The maximum Gasteiger partial charge on any atom is 0.342 e. The van der Waals surface area contributed by atoms with E-state index in [0.29, 0.717) is 5.88 Å². The summed E-state index contributed by atoms with van der Waals surface area (Å²) < 4.78 is 7.13.